The summed E-state index contributed by atoms with van der Waals surface area (Å²) in [5.74, 6) is -0.376. The van der Waals surface area contributed by atoms with Gasteiger partial charge in [0.25, 0.3) is 5.91 Å². The summed E-state index contributed by atoms with van der Waals surface area (Å²) in [5, 5.41) is 0.664. The van der Waals surface area contributed by atoms with Crippen molar-refractivity contribution in [2.45, 2.75) is 12.2 Å². The Morgan fingerprint density at radius 1 is 0.812 bits per heavy atom. The molecule has 1 heterocycles. The molecule has 1 aliphatic heterocycles. The molecule has 1 aliphatic rings. The molecule has 1 fully saturated rings. The molecule has 1 saturated heterocycles. The number of alkyl halides is 3. The largest absolute Gasteiger partial charge is 0.416 e. The number of piperazine rings is 1. The first-order valence-electron chi connectivity index (χ1n) is 10.3. The normalized spacial score (nSPS) is 16.1. The van der Waals surface area contributed by atoms with Crippen LogP contribution in [-0.4, -0.2) is 41.9 Å². The zero-order valence-corrected chi connectivity index (χ0v) is 18.0. The van der Waals surface area contributed by atoms with E-state index in [0.29, 0.717) is 31.2 Å². The maximum Gasteiger partial charge on any atom is 0.416 e. The molecule has 0 aliphatic carbocycles. The van der Waals surface area contributed by atoms with Crippen LogP contribution in [0, 0.1) is 0 Å². The molecule has 1 atom stereocenters. The van der Waals surface area contributed by atoms with Gasteiger partial charge in [0.05, 0.1) is 11.6 Å². The highest BCUT2D eigenvalue weighted by Gasteiger charge is 2.32. The smallest absolute Gasteiger partial charge is 0.336 e. The number of amides is 1. The highest BCUT2D eigenvalue weighted by molar-refractivity contribution is 6.30. The number of halogens is 4. The van der Waals surface area contributed by atoms with Crippen molar-refractivity contribution >= 4 is 17.5 Å². The first-order chi connectivity index (χ1) is 15.3. The average molecular weight is 459 g/mol. The van der Waals surface area contributed by atoms with Crippen LogP contribution in [0.1, 0.15) is 33.1 Å². The Kier molecular flexibility index (Phi) is 6.53. The second-order valence-corrected chi connectivity index (χ2v) is 8.21. The lowest BCUT2D eigenvalue weighted by Gasteiger charge is -2.40. The van der Waals surface area contributed by atoms with Crippen LogP contribution in [0.2, 0.25) is 5.02 Å². The molecular formula is C25H22ClF3N2O. The molecule has 0 N–H and O–H groups in total. The van der Waals surface area contributed by atoms with E-state index in [-0.39, 0.29) is 17.5 Å². The highest BCUT2D eigenvalue weighted by atomic mass is 35.5. The molecule has 1 amide bonds. The number of nitrogens with zero attached hydrogens (tertiary/aromatic N) is 2. The van der Waals surface area contributed by atoms with Crippen molar-refractivity contribution in [1.29, 1.82) is 0 Å². The van der Waals surface area contributed by atoms with Crippen LogP contribution in [-0.2, 0) is 6.18 Å². The van der Waals surface area contributed by atoms with Gasteiger partial charge in [0.1, 0.15) is 0 Å². The summed E-state index contributed by atoms with van der Waals surface area (Å²) in [6, 6.07) is 22.4. The number of hydrogen-bond acceptors (Lipinski definition) is 2. The van der Waals surface area contributed by atoms with E-state index in [1.807, 2.05) is 42.5 Å². The molecule has 0 saturated carbocycles. The van der Waals surface area contributed by atoms with Crippen molar-refractivity contribution < 1.29 is 18.0 Å². The fourth-order valence-corrected chi connectivity index (χ4v) is 4.21. The fraction of sp³-hybridized carbons (Fsp3) is 0.240. The van der Waals surface area contributed by atoms with E-state index in [1.54, 1.807) is 4.90 Å². The molecule has 32 heavy (non-hydrogen) atoms. The van der Waals surface area contributed by atoms with Crippen molar-refractivity contribution in [3.63, 3.8) is 0 Å². The lowest BCUT2D eigenvalue weighted by Crippen LogP contribution is -2.49. The van der Waals surface area contributed by atoms with Crippen LogP contribution < -0.4 is 0 Å². The third-order valence-electron chi connectivity index (χ3n) is 5.70. The van der Waals surface area contributed by atoms with Gasteiger partial charge in [-0.3, -0.25) is 9.69 Å². The zero-order chi connectivity index (χ0) is 22.7. The molecular weight excluding hydrogens is 437 g/mol. The SMILES string of the molecule is O=C(c1cccc(C(F)(F)F)c1)N1CCN(C(c2ccccc2)c2ccc(Cl)cc2)CC1. The van der Waals surface area contributed by atoms with Crippen molar-refractivity contribution in [2.24, 2.45) is 0 Å². The van der Waals surface area contributed by atoms with Gasteiger partial charge >= 0.3 is 6.18 Å². The van der Waals surface area contributed by atoms with Crippen LogP contribution >= 0.6 is 11.6 Å². The van der Waals surface area contributed by atoms with Gasteiger partial charge in [0.15, 0.2) is 0 Å². The maximum absolute atomic E-state index is 13.0. The van der Waals surface area contributed by atoms with Gasteiger partial charge in [-0.25, -0.2) is 0 Å². The lowest BCUT2D eigenvalue weighted by atomic mass is 9.96. The molecule has 3 aromatic rings. The van der Waals surface area contributed by atoms with E-state index in [0.717, 1.165) is 23.3 Å². The first-order valence-corrected chi connectivity index (χ1v) is 10.7. The predicted octanol–water partition coefficient (Wildman–Crippen LogP) is 5.91. The van der Waals surface area contributed by atoms with E-state index >= 15 is 0 Å². The Morgan fingerprint density at radius 2 is 1.44 bits per heavy atom. The molecule has 0 bridgehead atoms. The maximum atomic E-state index is 13.0. The molecule has 0 spiro atoms. The number of benzene rings is 3. The first kappa shape index (κ1) is 22.4. The van der Waals surface area contributed by atoms with Crippen LogP contribution in [0.15, 0.2) is 78.9 Å². The zero-order valence-electron chi connectivity index (χ0n) is 17.2. The van der Waals surface area contributed by atoms with E-state index < -0.39 is 11.7 Å². The Balaban J connectivity index is 1.51. The third-order valence-corrected chi connectivity index (χ3v) is 5.96. The minimum absolute atomic E-state index is 0.000670. The minimum Gasteiger partial charge on any atom is -0.336 e. The third kappa shape index (κ3) is 4.97. The van der Waals surface area contributed by atoms with Gasteiger partial charge in [-0.05, 0) is 41.5 Å². The summed E-state index contributed by atoms with van der Waals surface area (Å²) in [5.41, 5.74) is 1.48. The molecule has 4 rings (SSSR count). The molecule has 7 heteroatoms. The minimum atomic E-state index is -4.48. The van der Waals surface area contributed by atoms with Gasteiger partial charge in [-0.2, -0.15) is 13.2 Å². The second kappa shape index (κ2) is 9.35. The molecule has 3 nitrogen and oxygen atoms in total. The molecule has 0 aromatic heterocycles. The molecule has 0 radical (unpaired) electrons. The van der Waals surface area contributed by atoms with Crippen LogP contribution in [0.3, 0.4) is 0 Å². The van der Waals surface area contributed by atoms with Crippen molar-refractivity contribution in [3.8, 4) is 0 Å². The van der Waals surface area contributed by atoms with Crippen molar-refractivity contribution in [3.05, 3.63) is 106 Å². The second-order valence-electron chi connectivity index (χ2n) is 7.77. The number of hydrogen-bond donors (Lipinski definition) is 0. The van der Waals surface area contributed by atoms with Gasteiger partial charge in [-0.1, -0.05) is 60.1 Å². The number of carbonyl (C=O) groups excluding carboxylic acids is 1. The summed E-state index contributed by atoms with van der Waals surface area (Å²) in [6.45, 7) is 2.08. The summed E-state index contributed by atoms with van der Waals surface area (Å²) in [7, 11) is 0. The predicted molar refractivity (Wildman–Crippen MR) is 119 cm³/mol. The Labute approximate surface area is 190 Å². The highest BCUT2D eigenvalue weighted by Crippen LogP contribution is 2.32. The summed E-state index contributed by atoms with van der Waals surface area (Å²) >= 11 is 6.07. The molecule has 3 aromatic carbocycles. The summed E-state index contributed by atoms with van der Waals surface area (Å²) < 4.78 is 39.1. The lowest BCUT2D eigenvalue weighted by molar-refractivity contribution is -0.137. The van der Waals surface area contributed by atoms with E-state index in [2.05, 4.69) is 17.0 Å². The Hall–Kier alpha value is -2.83. The van der Waals surface area contributed by atoms with E-state index in [9.17, 15) is 18.0 Å². The van der Waals surface area contributed by atoms with Gasteiger partial charge in [0, 0.05) is 36.8 Å². The van der Waals surface area contributed by atoms with Crippen LogP contribution in [0.25, 0.3) is 0 Å². The standard InChI is InChI=1S/C25H22ClF3N2O/c26-22-11-9-19(10-12-22)23(18-5-2-1-3-6-18)30-13-15-31(16-14-30)24(32)20-7-4-8-21(17-20)25(27,28)29/h1-12,17,23H,13-16H2. The summed E-state index contributed by atoms with van der Waals surface area (Å²) in [6.07, 6.45) is -4.48. The number of rotatable bonds is 4. The molecule has 166 valence electrons. The van der Waals surface area contributed by atoms with Crippen molar-refractivity contribution in [1.82, 2.24) is 9.80 Å². The topological polar surface area (TPSA) is 23.6 Å². The summed E-state index contributed by atoms with van der Waals surface area (Å²) in [4.78, 5) is 16.8. The van der Waals surface area contributed by atoms with E-state index in [1.165, 1.54) is 12.1 Å². The van der Waals surface area contributed by atoms with Crippen molar-refractivity contribution in [2.75, 3.05) is 26.2 Å². The molecule has 1 unspecified atom stereocenters. The Morgan fingerprint density at radius 3 is 2.06 bits per heavy atom. The quantitative estimate of drug-likeness (QED) is 0.485. The van der Waals surface area contributed by atoms with Gasteiger partial charge in [-0.15, -0.1) is 0 Å². The fourth-order valence-electron chi connectivity index (χ4n) is 4.09. The monoisotopic (exact) mass is 458 g/mol. The van der Waals surface area contributed by atoms with Gasteiger partial charge in [0.2, 0.25) is 0 Å². The average Bonchev–Trinajstić information content (AvgIpc) is 2.81. The van der Waals surface area contributed by atoms with Crippen LogP contribution in [0.4, 0.5) is 13.2 Å². The van der Waals surface area contributed by atoms with E-state index in [4.69, 9.17) is 11.6 Å². The van der Waals surface area contributed by atoms with Gasteiger partial charge < -0.3 is 4.90 Å². The van der Waals surface area contributed by atoms with Crippen LogP contribution in [0.5, 0.6) is 0 Å². The number of carbonyl (C=O) groups is 1. The Bertz CT molecular complexity index is 1060.